The molecule has 0 bridgehead atoms. The Hall–Kier alpha value is -3.53. The van der Waals surface area contributed by atoms with Gasteiger partial charge in [-0.2, -0.15) is 0 Å². The number of carboxylic acid groups (broad SMARTS) is 1. The van der Waals surface area contributed by atoms with E-state index in [1.54, 1.807) is 36.4 Å². The topological polar surface area (TPSA) is 83.5 Å². The number of fused-ring (bicyclic) bond motifs is 1. The van der Waals surface area contributed by atoms with Crippen molar-refractivity contribution in [1.29, 1.82) is 0 Å². The first kappa shape index (κ1) is 29.0. The molecule has 3 aromatic rings. The zero-order valence-electron chi connectivity index (χ0n) is 24.1. The standard InChI is InChI=1S/C28H36O2.C6H7NO/c1-17(2)13-22-15-24-25(28(7,8)19(4)27(24,5)6)16-23(22)18(3)14-20-9-11-21(12-10-20)26(29)30;7-5-1-3-6(8)4-2-5/h9-12,14-17,19H,13H2,1-8H3,(H,29,30);1-4,8H,7H2. The highest BCUT2D eigenvalue weighted by molar-refractivity contribution is 5.88. The molecule has 4 N–H and O–H groups in total. The smallest absolute Gasteiger partial charge is 0.335 e. The number of benzene rings is 3. The van der Waals surface area contributed by atoms with Gasteiger partial charge in [-0.25, -0.2) is 4.79 Å². The molecule has 0 heterocycles. The first-order valence-corrected chi connectivity index (χ1v) is 13.4. The number of nitrogens with two attached hydrogens (primary N) is 1. The molecule has 202 valence electrons. The maximum atomic E-state index is 11.1. The van der Waals surface area contributed by atoms with E-state index in [9.17, 15) is 4.79 Å². The van der Waals surface area contributed by atoms with Crippen molar-refractivity contribution in [3.05, 3.63) is 94.0 Å². The molecule has 4 nitrogen and oxygen atoms in total. The van der Waals surface area contributed by atoms with Gasteiger partial charge in [0.15, 0.2) is 0 Å². The Balaban J connectivity index is 0.000000427. The summed E-state index contributed by atoms with van der Waals surface area (Å²) in [7, 11) is 0. The summed E-state index contributed by atoms with van der Waals surface area (Å²) in [6, 6.07) is 18.4. The van der Waals surface area contributed by atoms with Crippen molar-refractivity contribution in [1.82, 2.24) is 0 Å². The summed E-state index contributed by atoms with van der Waals surface area (Å²) in [4.78, 5) is 11.1. The molecule has 3 aromatic carbocycles. The van der Waals surface area contributed by atoms with Crippen molar-refractivity contribution in [2.24, 2.45) is 11.8 Å². The summed E-state index contributed by atoms with van der Waals surface area (Å²) in [6.07, 6.45) is 3.23. The molecular formula is C34H43NO3. The molecule has 1 unspecified atom stereocenters. The molecule has 0 aromatic heterocycles. The Morgan fingerprint density at radius 1 is 0.947 bits per heavy atom. The fourth-order valence-corrected chi connectivity index (χ4v) is 5.58. The second-order valence-electron chi connectivity index (χ2n) is 12.2. The van der Waals surface area contributed by atoms with Crippen molar-refractivity contribution in [2.75, 3.05) is 5.73 Å². The van der Waals surface area contributed by atoms with Gasteiger partial charge < -0.3 is 15.9 Å². The molecular weight excluding hydrogens is 470 g/mol. The summed E-state index contributed by atoms with van der Waals surface area (Å²) in [5.74, 6) is 0.507. The van der Waals surface area contributed by atoms with Crippen LogP contribution in [0.25, 0.3) is 11.6 Å². The highest BCUT2D eigenvalue weighted by Gasteiger charge is 2.48. The fraction of sp³-hybridized carbons (Fsp3) is 0.382. The fourth-order valence-electron chi connectivity index (χ4n) is 5.58. The zero-order chi connectivity index (χ0) is 28.4. The largest absolute Gasteiger partial charge is 0.508 e. The predicted molar refractivity (Wildman–Crippen MR) is 160 cm³/mol. The van der Waals surface area contributed by atoms with E-state index in [0.29, 0.717) is 23.1 Å². The van der Waals surface area contributed by atoms with Crippen LogP contribution in [0, 0.1) is 11.8 Å². The van der Waals surface area contributed by atoms with Crippen LogP contribution in [0.15, 0.2) is 60.7 Å². The van der Waals surface area contributed by atoms with Gasteiger partial charge in [0.05, 0.1) is 5.56 Å². The van der Waals surface area contributed by atoms with Gasteiger partial charge in [-0.1, -0.05) is 78.8 Å². The van der Waals surface area contributed by atoms with Crippen molar-refractivity contribution in [3.8, 4) is 5.75 Å². The SMILES string of the molecule is CC(=Cc1ccc(C(=O)O)cc1)c1cc2c(cc1CC(C)C)C(C)(C)C(C)C2(C)C.Nc1ccc(O)cc1. The Morgan fingerprint density at radius 3 is 1.95 bits per heavy atom. The second kappa shape index (κ2) is 11.1. The molecule has 0 radical (unpaired) electrons. The maximum absolute atomic E-state index is 11.1. The van der Waals surface area contributed by atoms with E-state index in [-0.39, 0.29) is 16.6 Å². The second-order valence-corrected chi connectivity index (χ2v) is 12.2. The van der Waals surface area contributed by atoms with Gasteiger partial charge in [0.1, 0.15) is 5.75 Å². The van der Waals surface area contributed by atoms with Crippen LogP contribution < -0.4 is 5.73 Å². The highest BCUT2D eigenvalue weighted by Crippen LogP contribution is 2.54. The van der Waals surface area contributed by atoms with Crippen LogP contribution in [0.1, 0.15) is 93.6 Å². The molecule has 4 heteroatoms. The Bertz CT molecular complexity index is 1290. The monoisotopic (exact) mass is 513 g/mol. The van der Waals surface area contributed by atoms with E-state index >= 15 is 0 Å². The molecule has 0 fully saturated rings. The Kier molecular flexibility index (Phi) is 8.45. The Labute approximate surface area is 228 Å². The number of anilines is 1. The van der Waals surface area contributed by atoms with E-state index in [1.165, 1.54) is 27.8 Å². The van der Waals surface area contributed by atoms with Crippen molar-refractivity contribution >= 4 is 23.3 Å². The van der Waals surface area contributed by atoms with Crippen molar-refractivity contribution < 1.29 is 15.0 Å². The van der Waals surface area contributed by atoms with E-state index in [4.69, 9.17) is 15.9 Å². The number of aromatic carboxylic acids is 1. The number of hydrogen-bond acceptors (Lipinski definition) is 3. The van der Waals surface area contributed by atoms with Gasteiger partial charge in [-0.3, -0.25) is 0 Å². The summed E-state index contributed by atoms with van der Waals surface area (Å²) in [5.41, 5.74) is 14.6. The molecule has 0 spiro atoms. The molecule has 0 aliphatic heterocycles. The van der Waals surface area contributed by atoms with Gasteiger partial charge in [0.2, 0.25) is 0 Å². The first-order chi connectivity index (χ1) is 17.6. The number of hydrogen-bond donors (Lipinski definition) is 3. The highest BCUT2D eigenvalue weighted by atomic mass is 16.4. The maximum Gasteiger partial charge on any atom is 0.335 e. The molecule has 1 atom stereocenters. The van der Waals surface area contributed by atoms with Gasteiger partial charge in [0, 0.05) is 5.69 Å². The van der Waals surface area contributed by atoms with Crippen LogP contribution in [0.4, 0.5) is 5.69 Å². The van der Waals surface area contributed by atoms with Crippen molar-refractivity contribution in [3.63, 3.8) is 0 Å². The van der Waals surface area contributed by atoms with Gasteiger partial charge in [-0.15, -0.1) is 0 Å². The molecule has 0 amide bonds. The van der Waals surface area contributed by atoms with Crippen LogP contribution in [0.5, 0.6) is 5.75 Å². The van der Waals surface area contributed by atoms with Crippen LogP contribution in [-0.4, -0.2) is 16.2 Å². The summed E-state index contributed by atoms with van der Waals surface area (Å²) in [5, 5.41) is 17.8. The number of aromatic hydroxyl groups is 1. The predicted octanol–water partition coefficient (Wildman–Crippen LogP) is 8.32. The normalized spacial score (nSPS) is 17.5. The van der Waals surface area contributed by atoms with Crippen LogP contribution in [0.2, 0.25) is 0 Å². The number of allylic oxidation sites excluding steroid dienone is 1. The number of carbonyl (C=O) groups is 1. The molecule has 0 saturated carbocycles. The van der Waals surface area contributed by atoms with Crippen LogP contribution in [-0.2, 0) is 17.3 Å². The first-order valence-electron chi connectivity index (χ1n) is 13.4. The lowest BCUT2D eigenvalue weighted by atomic mass is 9.71. The van der Waals surface area contributed by atoms with E-state index in [0.717, 1.165) is 12.0 Å². The lowest BCUT2D eigenvalue weighted by Gasteiger charge is -2.32. The Morgan fingerprint density at radius 2 is 1.47 bits per heavy atom. The molecule has 0 saturated heterocycles. The number of nitrogen functional groups attached to an aromatic ring is 1. The number of phenolic OH excluding ortho intramolecular Hbond substituents is 1. The van der Waals surface area contributed by atoms with Gasteiger partial charge in [-0.05, 0) is 106 Å². The third kappa shape index (κ3) is 6.12. The van der Waals surface area contributed by atoms with Crippen LogP contribution in [0.3, 0.4) is 0 Å². The van der Waals surface area contributed by atoms with Gasteiger partial charge >= 0.3 is 5.97 Å². The minimum atomic E-state index is -0.890. The molecule has 38 heavy (non-hydrogen) atoms. The quantitative estimate of drug-likeness (QED) is 0.182. The van der Waals surface area contributed by atoms with E-state index in [1.807, 2.05) is 12.1 Å². The van der Waals surface area contributed by atoms with E-state index in [2.05, 4.69) is 73.6 Å². The molecule has 1 aliphatic rings. The average molecular weight is 514 g/mol. The summed E-state index contributed by atoms with van der Waals surface area (Å²) in [6.45, 7) is 18.6. The summed E-state index contributed by atoms with van der Waals surface area (Å²) < 4.78 is 0. The molecule has 4 rings (SSSR count). The van der Waals surface area contributed by atoms with Crippen molar-refractivity contribution in [2.45, 2.75) is 72.6 Å². The third-order valence-electron chi connectivity index (χ3n) is 8.28. The minimum absolute atomic E-state index is 0.132. The number of rotatable bonds is 5. The summed E-state index contributed by atoms with van der Waals surface area (Å²) >= 11 is 0. The third-order valence-corrected chi connectivity index (χ3v) is 8.28. The van der Waals surface area contributed by atoms with Gasteiger partial charge in [0.25, 0.3) is 0 Å². The van der Waals surface area contributed by atoms with Crippen LogP contribution >= 0.6 is 0 Å². The minimum Gasteiger partial charge on any atom is -0.508 e. The average Bonchev–Trinajstić information content (AvgIpc) is 2.97. The molecule has 1 aliphatic carbocycles. The number of phenols is 1. The zero-order valence-corrected chi connectivity index (χ0v) is 24.1. The lowest BCUT2D eigenvalue weighted by molar-refractivity contribution is 0.0697. The lowest BCUT2D eigenvalue weighted by Crippen LogP contribution is -2.30. The number of carboxylic acids is 1. The van der Waals surface area contributed by atoms with E-state index < -0.39 is 5.97 Å².